The Morgan fingerprint density at radius 2 is 1.56 bits per heavy atom. The standard InChI is InChI=1S/C14H30N2/c1-3-5-7-9-10-12-14-16(15)13-11-8-6-4-2/h4,6H,3,5,7-15H2,1-2H3. The highest BCUT2D eigenvalue weighted by Crippen LogP contribution is 2.05. The van der Waals surface area contributed by atoms with E-state index in [1.165, 1.54) is 44.9 Å². The van der Waals surface area contributed by atoms with Crippen LogP contribution in [-0.2, 0) is 0 Å². The summed E-state index contributed by atoms with van der Waals surface area (Å²) in [5.41, 5.74) is 0. The van der Waals surface area contributed by atoms with Gasteiger partial charge < -0.3 is 0 Å². The second-order valence-corrected chi connectivity index (χ2v) is 4.51. The minimum atomic E-state index is 1.03. The Morgan fingerprint density at radius 1 is 0.938 bits per heavy atom. The number of rotatable bonds is 11. The van der Waals surface area contributed by atoms with Crippen molar-refractivity contribution >= 4 is 0 Å². The maximum absolute atomic E-state index is 5.91. The molecule has 0 aromatic heterocycles. The molecule has 0 amide bonds. The van der Waals surface area contributed by atoms with Crippen LogP contribution >= 0.6 is 0 Å². The van der Waals surface area contributed by atoms with Crippen LogP contribution < -0.4 is 5.84 Å². The van der Waals surface area contributed by atoms with Crippen molar-refractivity contribution in [2.45, 2.75) is 65.2 Å². The molecule has 0 radical (unpaired) electrons. The van der Waals surface area contributed by atoms with E-state index in [1.807, 2.05) is 5.01 Å². The van der Waals surface area contributed by atoms with Gasteiger partial charge in [-0.25, -0.2) is 5.01 Å². The lowest BCUT2D eigenvalue weighted by Gasteiger charge is -2.15. The Balaban J connectivity index is 3.14. The molecule has 0 aliphatic heterocycles. The van der Waals surface area contributed by atoms with Crippen LogP contribution in [0.15, 0.2) is 12.2 Å². The van der Waals surface area contributed by atoms with Gasteiger partial charge >= 0.3 is 0 Å². The first kappa shape index (κ1) is 15.7. The van der Waals surface area contributed by atoms with Crippen LogP contribution in [0.2, 0.25) is 0 Å². The molecule has 2 nitrogen and oxygen atoms in total. The maximum Gasteiger partial charge on any atom is 0.0131 e. The molecule has 0 saturated carbocycles. The van der Waals surface area contributed by atoms with Gasteiger partial charge in [0.1, 0.15) is 0 Å². The minimum Gasteiger partial charge on any atom is -0.269 e. The van der Waals surface area contributed by atoms with Crippen molar-refractivity contribution in [3.05, 3.63) is 12.2 Å². The molecule has 0 aliphatic carbocycles. The van der Waals surface area contributed by atoms with Crippen molar-refractivity contribution in [2.75, 3.05) is 13.1 Å². The summed E-state index contributed by atoms with van der Waals surface area (Å²) in [7, 11) is 0. The average Bonchev–Trinajstić information content (AvgIpc) is 2.29. The fourth-order valence-electron chi connectivity index (χ4n) is 1.79. The van der Waals surface area contributed by atoms with Gasteiger partial charge in [0.25, 0.3) is 0 Å². The molecule has 0 rings (SSSR count). The predicted octanol–water partition coefficient (Wildman–Crippen LogP) is 3.88. The van der Waals surface area contributed by atoms with Crippen LogP contribution in [-0.4, -0.2) is 18.1 Å². The van der Waals surface area contributed by atoms with Crippen LogP contribution in [0.25, 0.3) is 0 Å². The molecule has 2 N–H and O–H groups in total. The quantitative estimate of drug-likeness (QED) is 0.251. The van der Waals surface area contributed by atoms with Crippen LogP contribution in [0.3, 0.4) is 0 Å². The van der Waals surface area contributed by atoms with Crippen molar-refractivity contribution in [3.63, 3.8) is 0 Å². The van der Waals surface area contributed by atoms with Crippen LogP contribution in [0.4, 0.5) is 0 Å². The highest BCUT2D eigenvalue weighted by Gasteiger charge is 1.97. The van der Waals surface area contributed by atoms with Crippen molar-refractivity contribution in [1.82, 2.24) is 5.01 Å². The van der Waals surface area contributed by atoms with Crippen molar-refractivity contribution in [1.29, 1.82) is 0 Å². The lowest BCUT2D eigenvalue weighted by molar-refractivity contribution is 0.273. The number of allylic oxidation sites excluding steroid dienone is 2. The van der Waals surface area contributed by atoms with Gasteiger partial charge in [-0.2, -0.15) is 0 Å². The number of nitrogens with zero attached hydrogens (tertiary/aromatic N) is 1. The van der Waals surface area contributed by atoms with Crippen LogP contribution in [0, 0.1) is 0 Å². The molecular weight excluding hydrogens is 196 g/mol. The summed E-state index contributed by atoms with van der Waals surface area (Å²) < 4.78 is 0. The van der Waals surface area contributed by atoms with Gasteiger partial charge in [0.2, 0.25) is 0 Å². The van der Waals surface area contributed by atoms with E-state index in [0.29, 0.717) is 0 Å². The maximum atomic E-state index is 5.91. The van der Waals surface area contributed by atoms with Crippen molar-refractivity contribution in [3.8, 4) is 0 Å². The summed E-state index contributed by atoms with van der Waals surface area (Å²) in [5.74, 6) is 5.91. The molecule has 0 saturated heterocycles. The van der Waals surface area contributed by atoms with Gasteiger partial charge in [-0.15, -0.1) is 0 Å². The summed E-state index contributed by atoms with van der Waals surface area (Å²) in [6, 6.07) is 0. The van der Waals surface area contributed by atoms with Gasteiger partial charge in [-0.3, -0.25) is 5.84 Å². The van der Waals surface area contributed by atoms with E-state index in [-0.39, 0.29) is 0 Å². The molecule has 96 valence electrons. The first-order valence-corrected chi connectivity index (χ1v) is 6.92. The third-order valence-electron chi connectivity index (χ3n) is 2.85. The van der Waals surface area contributed by atoms with E-state index < -0.39 is 0 Å². The van der Waals surface area contributed by atoms with E-state index in [9.17, 15) is 0 Å². The summed E-state index contributed by atoms with van der Waals surface area (Å²) in [5, 5.41) is 1.98. The van der Waals surface area contributed by atoms with E-state index >= 15 is 0 Å². The lowest BCUT2D eigenvalue weighted by atomic mass is 10.1. The van der Waals surface area contributed by atoms with Gasteiger partial charge in [0.15, 0.2) is 0 Å². The zero-order chi connectivity index (χ0) is 12.1. The van der Waals surface area contributed by atoms with Gasteiger partial charge in [0.05, 0.1) is 0 Å². The van der Waals surface area contributed by atoms with E-state index in [1.54, 1.807) is 0 Å². The van der Waals surface area contributed by atoms with Gasteiger partial charge in [-0.1, -0.05) is 51.2 Å². The molecule has 0 atom stereocenters. The van der Waals surface area contributed by atoms with Gasteiger partial charge in [-0.05, 0) is 26.2 Å². The zero-order valence-corrected chi connectivity index (χ0v) is 11.3. The molecule has 2 heteroatoms. The second-order valence-electron chi connectivity index (χ2n) is 4.51. The summed E-state index contributed by atoms with van der Waals surface area (Å²) in [6.07, 6.45) is 14.7. The lowest BCUT2D eigenvalue weighted by Crippen LogP contribution is -2.32. The number of hydrogen-bond acceptors (Lipinski definition) is 2. The third kappa shape index (κ3) is 11.7. The highest BCUT2D eigenvalue weighted by molar-refractivity contribution is 4.76. The Morgan fingerprint density at radius 3 is 2.25 bits per heavy atom. The number of unbranched alkanes of at least 4 members (excludes halogenated alkanes) is 6. The molecule has 0 unspecified atom stereocenters. The van der Waals surface area contributed by atoms with Gasteiger partial charge in [0, 0.05) is 13.1 Å². The second kappa shape index (κ2) is 12.7. The number of hydrazine groups is 1. The van der Waals surface area contributed by atoms with E-state index in [4.69, 9.17) is 5.84 Å². The predicted molar refractivity (Wildman–Crippen MR) is 73.2 cm³/mol. The smallest absolute Gasteiger partial charge is 0.0131 e. The first-order chi connectivity index (χ1) is 7.81. The third-order valence-corrected chi connectivity index (χ3v) is 2.85. The summed E-state index contributed by atoms with van der Waals surface area (Å²) >= 11 is 0. The Bertz CT molecular complexity index is 155. The normalized spacial score (nSPS) is 11.8. The van der Waals surface area contributed by atoms with Crippen molar-refractivity contribution < 1.29 is 0 Å². The first-order valence-electron chi connectivity index (χ1n) is 6.92. The molecule has 0 fully saturated rings. The van der Waals surface area contributed by atoms with Crippen LogP contribution in [0.5, 0.6) is 0 Å². The average molecular weight is 226 g/mol. The highest BCUT2D eigenvalue weighted by atomic mass is 15.4. The fraction of sp³-hybridized carbons (Fsp3) is 0.857. The molecule has 0 spiro atoms. The number of hydrogen-bond donors (Lipinski definition) is 1. The van der Waals surface area contributed by atoms with E-state index in [2.05, 4.69) is 26.0 Å². The summed E-state index contributed by atoms with van der Waals surface area (Å²) in [6.45, 7) is 6.41. The van der Waals surface area contributed by atoms with E-state index in [0.717, 1.165) is 19.5 Å². The van der Waals surface area contributed by atoms with Crippen molar-refractivity contribution in [2.24, 2.45) is 5.84 Å². The molecule has 0 heterocycles. The molecule has 0 bridgehead atoms. The monoisotopic (exact) mass is 226 g/mol. The molecule has 0 aliphatic rings. The Kier molecular flexibility index (Phi) is 12.5. The molecule has 0 aromatic carbocycles. The molecular formula is C14H30N2. The minimum absolute atomic E-state index is 1.03. The SMILES string of the molecule is CC=CCCCN(N)CCCCCCCC. The topological polar surface area (TPSA) is 29.3 Å². The Hall–Kier alpha value is -0.340. The number of nitrogens with two attached hydrogens (primary N) is 1. The Labute approximate surface area is 102 Å². The fourth-order valence-corrected chi connectivity index (χ4v) is 1.79. The summed E-state index contributed by atoms with van der Waals surface area (Å²) in [4.78, 5) is 0. The molecule has 0 aromatic rings. The molecule has 16 heavy (non-hydrogen) atoms. The van der Waals surface area contributed by atoms with Crippen LogP contribution in [0.1, 0.15) is 65.2 Å². The zero-order valence-electron chi connectivity index (χ0n) is 11.3. The largest absolute Gasteiger partial charge is 0.269 e.